The standard InChI is InChI=1S/C19H15Cl2N5O4/c1-30-14-6-5-11(21)8-13(14)22-15(27)9-25-17-16(23-24-25)18(28)26(19(17)29)12-4-2-3-10(20)7-12/h2-8,16-17H,9H2,1H3,(H,22,27)/t16-,17-/m0/s1. The van der Waals surface area contributed by atoms with E-state index in [2.05, 4.69) is 15.7 Å². The Kier molecular flexibility index (Phi) is 5.31. The van der Waals surface area contributed by atoms with Crippen LogP contribution in [0.25, 0.3) is 0 Å². The van der Waals surface area contributed by atoms with E-state index in [1.807, 2.05) is 0 Å². The normalized spacial score (nSPS) is 20.0. The van der Waals surface area contributed by atoms with Crippen LogP contribution in [0.1, 0.15) is 0 Å². The van der Waals surface area contributed by atoms with Crippen molar-refractivity contribution in [1.82, 2.24) is 5.01 Å². The number of fused-ring (bicyclic) bond motifs is 1. The highest BCUT2D eigenvalue weighted by Gasteiger charge is 2.55. The molecule has 1 saturated heterocycles. The van der Waals surface area contributed by atoms with Crippen LogP contribution in [0.2, 0.25) is 10.0 Å². The summed E-state index contributed by atoms with van der Waals surface area (Å²) in [7, 11) is 1.46. The van der Waals surface area contributed by atoms with E-state index in [-0.39, 0.29) is 6.54 Å². The third-order valence-electron chi connectivity index (χ3n) is 4.67. The predicted molar refractivity (Wildman–Crippen MR) is 110 cm³/mol. The number of carbonyl (C=O) groups is 3. The molecule has 0 bridgehead atoms. The van der Waals surface area contributed by atoms with Gasteiger partial charge in [-0.15, -0.1) is 0 Å². The van der Waals surface area contributed by atoms with E-state index in [0.29, 0.717) is 27.2 Å². The number of anilines is 2. The smallest absolute Gasteiger partial charge is 0.263 e. The maximum absolute atomic E-state index is 12.9. The quantitative estimate of drug-likeness (QED) is 0.709. The SMILES string of the molecule is COc1ccc(Cl)cc1NC(=O)CN1N=N[C@@H]2C(=O)N(c3cccc(Cl)c3)C(=O)[C@H]21. The highest BCUT2D eigenvalue weighted by atomic mass is 35.5. The summed E-state index contributed by atoms with van der Waals surface area (Å²) in [6.07, 6.45) is 0. The first-order valence-corrected chi connectivity index (χ1v) is 9.59. The Hall–Kier alpha value is -3.17. The molecule has 2 aromatic rings. The van der Waals surface area contributed by atoms with Gasteiger partial charge >= 0.3 is 0 Å². The first-order chi connectivity index (χ1) is 14.4. The van der Waals surface area contributed by atoms with E-state index in [0.717, 1.165) is 4.90 Å². The molecule has 11 heteroatoms. The Morgan fingerprint density at radius 3 is 2.63 bits per heavy atom. The van der Waals surface area contributed by atoms with Crippen molar-refractivity contribution in [2.75, 3.05) is 23.9 Å². The molecule has 0 aromatic heterocycles. The second-order valence-corrected chi connectivity index (χ2v) is 7.45. The van der Waals surface area contributed by atoms with E-state index in [9.17, 15) is 14.4 Å². The van der Waals surface area contributed by atoms with Crippen LogP contribution < -0.4 is 15.0 Å². The van der Waals surface area contributed by atoms with Crippen LogP contribution in [0.15, 0.2) is 52.8 Å². The summed E-state index contributed by atoms with van der Waals surface area (Å²) in [5.41, 5.74) is 0.715. The number of hydrogen-bond donors (Lipinski definition) is 1. The highest BCUT2D eigenvalue weighted by Crippen LogP contribution is 2.33. The van der Waals surface area contributed by atoms with Crippen LogP contribution in [0.3, 0.4) is 0 Å². The number of nitrogens with zero attached hydrogens (tertiary/aromatic N) is 4. The van der Waals surface area contributed by atoms with Gasteiger partial charge in [0, 0.05) is 10.0 Å². The average Bonchev–Trinajstić information content (AvgIpc) is 3.21. The molecule has 2 atom stereocenters. The molecule has 3 amide bonds. The van der Waals surface area contributed by atoms with Gasteiger partial charge in [-0.05, 0) is 36.4 Å². The number of carbonyl (C=O) groups excluding carboxylic acids is 3. The minimum Gasteiger partial charge on any atom is -0.495 e. The number of rotatable bonds is 5. The minimum atomic E-state index is -1.01. The molecular formula is C19H15Cl2N5O4. The molecule has 154 valence electrons. The molecule has 0 aliphatic carbocycles. The number of ether oxygens (including phenoxy) is 1. The molecule has 1 fully saturated rings. The lowest BCUT2D eigenvalue weighted by molar-refractivity contribution is -0.123. The Morgan fingerprint density at radius 1 is 1.13 bits per heavy atom. The summed E-state index contributed by atoms with van der Waals surface area (Å²) >= 11 is 11.9. The average molecular weight is 448 g/mol. The summed E-state index contributed by atoms with van der Waals surface area (Å²) in [5, 5.41) is 12.4. The third-order valence-corrected chi connectivity index (χ3v) is 5.14. The zero-order valence-corrected chi connectivity index (χ0v) is 17.1. The molecule has 0 unspecified atom stereocenters. The molecule has 2 aromatic carbocycles. The molecule has 4 rings (SSSR count). The Morgan fingerprint density at radius 2 is 1.90 bits per heavy atom. The lowest BCUT2D eigenvalue weighted by Crippen LogP contribution is -2.43. The molecule has 2 aliphatic rings. The Balaban J connectivity index is 1.50. The van der Waals surface area contributed by atoms with Gasteiger partial charge in [0.1, 0.15) is 12.3 Å². The zero-order chi connectivity index (χ0) is 21.4. The molecule has 0 radical (unpaired) electrons. The topological polar surface area (TPSA) is 104 Å². The van der Waals surface area contributed by atoms with Crippen molar-refractivity contribution < 1.29 is 19.1 Å². The maximum atomic E-state index is 12.9. The number of benzene rings is 2. The molecule has 2 aliphatic heterocycles. The van der Waals surface area contributed by atoms with Gasteiger partial charge < -0.3 is 10.1 Å². The van der Waals surface area contributed by atoms with Gasteiger partial charge in [0.25, 0.3) is 11.8 Å². The van der Waals surface area contributed by atoms with Gasteiger partial charge in [-0.3, -0.25) is 19.4 Å². The van der Waals surface area contributed by atoms with Crippen LogP contribution in [-0.2, 0) is 14.4 Å². The monoisotopic (exact) mass is 447 g/mol. The number of imide groups is 1. The van der Waals surface area contributed by atoms with Crippen molar-refractivity contribution in [3.05, 3.63) is 52.5 Å². The van der Waals surface area contributed by atoms with Crippen molar-refractivity contribution in [2.24, 2.45) is 10.3 Å². The Labute approximate surface area is 181 Å². The van der Waals surface area contributed by atoms with E-state index in [1.54, 1.807) is 30.3 Å². The summed E-state index contributed by atoms with van der Waals surface area (Å²) in [6, 6.07) is 9.16. The van der Waals surface area contributed by atoms with Gasteiger partial charge in [-0.2, -0.15) is 5.11 Å². The van der Waals surface area contributed by atoms with Crippen molar-refractivity contribution >= 4 is 52.3 Å². The maximum Gasteiger partial charge on any atom is 0.263 e. The fraction of sp³-hybridized carbons (Fsp3) is 0.211. The Bertz CT molecular complexity index is 1080. The van der Waals surface area contributed by atoms with Crippen LogP contribution >= 0.6 is 23.2 Å². The number of amides is 3. The van der Waals surface area contributed by atoms with Gasteiger partial charge in [0.2, 0.25) is 5.91 Å². The number of halogens is 2. The van der Waals surface area contributed by atoms with Crippen molar-refractivity contribution in [3.63, 3.8) is 0 Å². The highest BCUT2D eigenvalue weighted by molar-refractivity contribution is 6.32. The summed E-state index contributed by atoms with van der Waals surface area (Å²) < 4.78 is 5.20. The minimum absolute atomic E-state index is 0.289. The molecule has 30 heavy (non-hydrogen) atoms. The van der Waals surface area contributed by atoms with Crippen LogP contribution in [0.4, 0.5) is 11.4 Å². The van der Waals surface area contributed by atoms with E-state index >= 15 is 0 Å². The summed E-state index contributed by atoms with van der Waals surface area (Å²) in [6.45, 7) is -0.289. The summed E-state index contributed by atoms with van der Waals surface area (Å²) in [4.78, 5) is 39.2. The zero-order valence-electron chi connectivity index (χ0n) is 15.6. The van der Waals surface area contributed by atoms with Gasteiger partial charge in [-0.25, -0.2) is 4.90 Å². The third kappa shape index (κ3) is 3.57. The van der Waals surface area contributed by atoms with Crippen LogP contribution in [0, 0.1) is 0 Å². The number of hydrogen-bond acceptors (Lipinski definition) is 7. The first kappa shape index (κ1) is 20.1. The van der Waals surface area contributed by atoms with Crippen LogP contribution in [0.5, 0.6) is 5.75 Å². The molecule has 0 saturated carbocycles. The molecule has 1 N–H and O–H groups in total. The summed E-state index contributed by atoms with van der Waals surface area (Å²) in [5.74, 6) is -1.09. The molecule has 0 spiro atoms. The number of nitrogens with one attached hydrogen (secondary N) is 1. The molecule has 2 heterocycles. The van der Waals surface area contributed by atoms with E-state index in [4.69, 9.17) is 27.9 Å². The van der Waals surface area contributed by atoms with E-state index < -0.39 is 29.8 Å². The largest absolute Gasteiger partial charge is 0.495 e. The fourth-order valence-corrected chi connectivity index (χ4v) is 3.69. The lowest BCUT2D eigenvalue weighted by Gasteiger charge is -2.20. The van der Waals surface area contributed by atoms with Gasteiger partial charge in [-0.1, -0.05) is 34.5 Å². The molecular weight excluding hydrogens is 433 g/mol. The number of methoxy groups -OCH3 is 1. The second kappa shape index (κ2) is 7.92. The van der Waals surface area contributed by atoms with E-state index in [1.165, 1.54) is 24.3 Å². The van der Waals surface area contributed by atoms with Crippen molar-refractivity contribution in [3.8, 4) is 5.75 Å². The van der Waals surface area contributed by atoms with Crippen molar-refractivity contribution in [2.45, 2.75) is 12.1 Å². The fourth-order valence-electron chi connectivity index (χ4n) is 3.34. The first-order valence-electron chi connectivity index (χ1n) is 8.83. The predicted octanol–water partition coefficient (Wildman–Crippen LogP) is 2.93. The lowest BCUT2D eigenvalue weighted by atomic mass is 10.1. The molecule has 9 nitrogen and oxygen atoms in total. The van der Waals surface area contributed by atoms with Crippen LogP contribution in [-0.4, -0.2) is 48.5 Å². The van der Waals surface area contributed by atoms with Gasteiger partial charge in [0.15, 0.2) is 12.1 Å². The van der Waals surface area contributed by atoms with Crippen molar-refractivity contribution in [1.29, 1.82) is 0 Å². The van der Waals surface area contributed by atoms with Gasteiger partial charge in [0.05, 0.1) is 18.5 Å². The second-order valence-electron chi connectivity index (χ2n) is 6.58.